The Kier molecular flexibility index (Phi) is 3.04. The SMILES string of the molecule is COc1cc(O)c(-c2cc(N)n(C)n2)cc1C(=O)O. The Labute approximate surface area is 108 Å². The lowest BCUT2D eigenvalue weighted by molar-refractivity contribution is 0.0693. The van der Waals surface area contributed by atoms with Crippen molar-refractivity contribution in [1.29, 1.82) is 0 Å². The molecule has 100 valence electrons. The maximum absolute atomic E-state index is 11.1. The third kappa shape index (κ3) is 2.17. The second-order valence-corrected chi connectivity index (χ2v) is 3.95. The van der Waals surface area contributed by atoms with Crippen LogP contribution in [-0.2, 0) is 7.05 Å². The van der Waals surface area contributed by atoms with Gasteiger partial charge in [-0.1, -0.05) is 0 Å². The van der Waals surface area contributed by atoms with Crippen LogP contribution in [0.1, 0.15) is 10.4 Å². The van der Waals surface area contributed by atoms with Crippen LogP contribution in [0.2, 0.25) is 0 Å². The number of benzene rings is 1. The zero-order valence-corrected chi connectivity index (χ0v) is 10.4. The number of carboxylic acids is 1. The van der Waals surface area contributed by atoms with Gasteiger partial charge in [0.25, 0.3) is 0 Å². The summed E-state index contributed by atoms with van der Waals surface area (Å²) >= 11 is 0. The number of aromatic nitrogens is 2. The van der Waals surface area contributed by atoms with Gasteiger partial charge >= 0.3 is 5.97 Å². The molecule has 0 saturated heterocycles. The van der Waals surface area contributed by atoms with E-state index in [0.29, 0.717) is 11.5 Å². The lowest BCUT2D eigenvalue weighted by Gasteiger charge is -2.08. The van der Waals surface area contributed by atoms with Gasteiger partial charge in [0, 0.05) is 24.7 Å². The highest BCUT2D eigenvalue weighted by molar-refractivity contribution is 5.93. The molecule has 1 aromatic heterocycles. The summed E-state index contributed by atoms with van der Waals surface area (Å²) in [5.41, 5.74) is 6.28. The van der Waals surface area contributed by atoms with Crippen LogP contribution in [0.25, 0.3) is 11.3 Å². The van der Waals surface area contributed by atoms with Gasteiger partial charge in [0.2, 0.25) is 0 Å². The number of nitrogens with zero attached hydrogens (tertiary/aromatic N) is 2. The topological polar surface area (TPSA) is 111 Å². The molecule has 0 aliphatic rings. The highest BCUT2D eigenvalue weighted by Gasteiger charge is 2.18. The Balaban J connectivity index is 2.64. The van der Waals surface area contributed by atoms with Gasteiger partial charge in [-0.3, -0.25) is 4.68 Å². The second-order valence-electron chi connectivity index (χ2n) is 3.95. The molecular formula is C12H13N3O4. The lowest BCUT2D eigenvalue weighted by Crippen LogP contribution is -2.01. The Morgan fingerprint density at radius 3 is 2.58 bits per heavy atom. The monoisotopic (exact) mass is 263 g/mol. The predicted molar refractivity (Wildman–Crippen MR) is 68.2 cm³/mol. The number of methoxy groups -OCH3 is 1. The van der Waals surface area contributed by atoms with E-state index in [1.54, 1.807) is 13.1 Å². The molecular weight excluding hydrogens is 250 g/mol. The van der Waals surface area contributed by atoms with Gasteiger partial charge in [0.1, 0.15) is 22.9 Å². The number of carboxylic acid groups (broad SMARTS) is 1. The predicted octanol–water partition coefficient (Wildman–Crippen LogP) is 1.08. The summed E-state index contributed by atoms with van der Waals surface area (Å²) in [5, 5.41) is 23.1. The molecule has 7 heteroatoms. The first kappa shape index (κ1) is 12.7. The number of aryl methyl sites for hydroxylation is 1. The van der Waals surface area contributed by atoms with Crippen molar-refractivity contribution in [1.82, 2.24) is 9.78 Å². The molecule has 0 aliphatic heterocycles. The van der Waals surface area contributed by atoms with E-state index in [1.807, 2.05) is 0 Å². The lowest BCUT2D eigenvalue weighted by atomic mass is 10.1. The number of carbonyl (C=O) groups is 1. The Bertz CT molecular complexity index is 629. The van der Waals surface area contributed by atoms with Crippen LogP contribution < -0.4 is 10.5 Å². The van der Waals surface area contributed by atoms with E-state index in [2.05, 4.69) is 5.10 Å². The molecule has 1 heterocycles. The third-order valence-electron chi connectivity index (χ3n) is 2.74. The summed E-state index contributed by atoms with van der Waals surface area (Å²) in [6.45, 7) is 0. The Morgan fingerprint density at radius 2 is 2.11 bits per heavy atom. The van der Waals surface area contributed by atoms with Crippen molar-refractivity contribution in [2.24, 2.45) is 7.05 Å². The summed E-state index contributed by atoms with van der Waals surface area (Å²) in [6, 6.07) is 4.09. The quantitative estimate of drug-likeness (QED) is 0.764. The number of phenolic OH excluding ortho intramolecular Hbond substituents is 1. The minimum Gasteiger partial charge on any atom is -0.507 e. The van der Waals surface area contributed by atoms with Crippen LogP contribution in [0.4, 0.5) is 5.82 Å². The van der Waals surface area contributed by atoms with Crippen molar-refractivity contribution in [2.75, 3.05) is 12.8 Å². The van der Waals surface area contributed by atoms with Gasteiger partial charge in [-0.25, -0.2) is 4.79 Å². The first-order chi connectivity index (χ1) is 8.93. The van der Waals surface area contributed by atoms with E-state index in [1.165, 1.54) is 23.9 Å². The number of phenols is 1. The van der Waals surface area contributed by atoms with Crippen LogP contribution in [0, 0.1) is 0 Å². The van der Waals surface area contributed by atoms with Crippen molar-refractivity contribution >= 4 is 11.8 Å². The molecule has 0 bridgehead atoms. The molecule has 0 radical (unpaired) electrons. The zero-order chi connectivity index (χ0) is 14.2. The molecule has 4 N–H and O–H groups in total. The molecule has 0 fully saturated rings. The smallest absolute Gasteiger partial charge is 0.339 e. The third-order valence-corrected chi connectivity index (χ3v) is 2.74. The molecule has 1 aromatic carbocycles. The molecule has 2 rings (SSSR count). The number of anilines is 1. The van der Waals surface area contributed by atoms with Gasteiger partial charge in [-0.15, -0.1) is 0 Å². The number of nitrogen functional groups attached to an aromatic ring is 1. The average molecular weight is 263 g/mol. The van der Waals surface area contributed by atoms with E-state index in [-0.39, 0.29) is 22.6 Å². The minimum atomic E-state index is -1.15. The summed E-state index contributed by atoms with van der Waals surface area (Å²) in [6.07, 6.45) is 0. The maximum atomic E-state index is 11.1. The van der Waals surface area contributed by atoms with Crippen molar-refractivity contribution in [2.45, 2.75) is 0 Å². The van der Waals surface area contributed by atoms with Gasteiger partial charge in [-0.05, 0) is 6.07 Å². The van der Waals surface area contributed by atoms with Crippen molar-refractivity contribution in [3.63, 3.8) is 0 Å². The number of hydrogen-bond donors (Lipinski definition) is 3. The van der Waals surface area contributed by atoms with Crippen LogP contribution in [0.15, 0.2) is 18.2 Å². The summed E-state index contributed by atoms with van der Waals surface area (Å²) in [5.74, 6) is -0.790. The highest BCUT2D eigenvalue weighted by Crippen LogP contribution is 2.35. The zero-order valence-electron chi connectivity index (χ0n) is 10.4. The fourth-order valence-corrected chi connectivity index (χ4v) is 1.72. The molecule has 0 aliphatic carbocycles. The van der Waals surface area contributed by atoms with Crippen molar-refractivity contribution in [3.8, 4) is 22.8 Å². The number of aromatic carboxylic acids is 1. The molecule has 0 atom stereocenters. The molecule has 0 saturated carbocycles. The van der Waals surface area contributed by atoms with Crippen LogP contribution >= 0.6 is 0 Å². The minimum absolute atomic E-state index is 0.0560. The normalized spacial score (nSPS) is 10.4. The number of hydrogen-bond acceptors (Lipinski definition) is 5. The van der Waals surface area contributed by atoms with Crippen molar-refractivity contribution in [3.05, 3.63) is 23.8 Å². The molecule has 0 unspecified atom stereocenters. The van der Waals surface area contributed by atoms with E-state index in [9.17, 15) is 9.90 Å². The van der Waals surface area contributed by atoms with Gasteiger partial charge in [0.05, 0.1) is 12.8 Å². The van der Waals surface area contributed by atoms with Gasteiger partial charge in [0.15, 0.2) is 0 Å². The van der Waals surface area contributed by atoms with E-state index >= 15 is 0 Å². The summed E-state index contributed by atoms with van der Waals surface area (Å²) < 4.78 is 6.35. The molecule has 7 nitrogen and oxygen atoms in total. The Hall–Kier alpha value is -2.70. The average Bonchev–Trinajstić information content (AvgIpc) is 2.68. The van der Waals surface area contributed by atoms with Gasteiger partial charge < -0.3 is 20.7 Å². The van der Waals surface area contributed by atoms with E-state index in [0.717, 1.165) is 0 Å². The second kappa shape index (κ2) is 4.52. The maximum Gasteiger partial charge on any atom is 0.339 e. The number of rotatable bonds is 3. The highest BCUT2D eigenvalue weighted by atomic mass is 16.5. The first-order valence-corrected chi connectivity index (χ1v) is 5.38. The molecule has 2 aromatic rings. The fraction of sp³-hybridized carbons (Fsp3) is 0.167. The molecule has 0 amide bonds. The summed E-state index contributed by atoms with van der Waals surface area (Å²) in [4.78, 5) is 11.1. The largest absolute Gasteiger partial charge is 0.507 e. The molecule has 19 heavy (non-hydrogen) atoms. The van der Waals surface area contributed by atoms with Crippen LogP contribution in [0.5, 0.6) is 11.5 Å². The van der Waals surface area contributed by atoms with Gasteiger partial charge in [-0.2, -0.15) is 5.10 Å². The van der Waals surface area contributed by atoms with Crippen molar-refractivity contribution < 1.29 is 19.7 Å². The van der Waals surface area contributed by atoms with Crippen LogP contribution in [0.3, 0.4) is 0 Å². The van der Waals surface area contributed by atoms with Crippen LogP contribution in [-0.4, -0.2) is 33.1 Å². The van der Waals surface area contributed by atoms with E-state index in [4.69, 9.17) is 15.6 Å². The number of nitrogens with two attached hydrogens (primary N) is 1. The molecule has 0 spiro atoms. The van der Waals surface area contributed by atoms with E-state index < -0.39 is 5.97 Å². The summed E-state index contributed by atoms with van der Waals surface area (Å²) in [7, 11) is 2.98. The fourth-order valence-electron chi connectivity index (χ4n) is 1.72. The standard InChI is InChI=1S/C12H13N3O4/c1-15-11(13)4-8(14-15)6-3-7(12(17)18)10(19-2)5-9(6)16/h3-5,16H,13H2,1-2H3,(H,17,18). The first-order valence-electron chi connectivity index (χ1n) is 5.38. The number of aromatic hydroxyl groups is 1. The Morgan fingerprint density at radius 1 is 1.42 bits per heavy atom. The number of ether oxygens (including phenoxy) is 1.